The lowest BCUT2D eigenvalue weighted by Crippen LogP contribution is -2.24. The van der Waals surface area contributed by atoms with E-state index in [1.165, 1.54) is 37.3 Å². The summed E-state index contributed by atoms with van der Waals surface area (Å²) in [6.07, 6.45) is 0. The highest BCUT2D eigenvalue weighted by Gasteiger charge is 2.15. The Balaban J connectivity index is 1.54. The number of anilines is 1. The quantitative estimate of drug-likeness (QED) is 0.465. The van der Waals surface area contributed by atoms with Crippen LogP contribution in [0, 0.1) is 6.92 Å². The fraction of sp³-hybridized carbons (Fsp3) is 0.316. The lowest BCUT2D eigenvalue weighted by molar-refractivity contribution is -0.113. The number of methoxy groups -OCH3 is 2. The monoisotopic (exact) mass is 462 g/mol. The summed E-state index contributed by atoms with van der Waals surface area (Å²) in [4.78, 5) is 28.8. The zero-order valence-electron chi connectivity index (χ0n) is 17.5. The van der Waals surface area contributed by atoms with Gasteiger partial charge in [-0.2, -0.15) is 0 Å². The number of nitrogens with one attached hydrogen (secondary N) is 2. The van der Waals surface area contributed by atoms with Gasteiger partial charge in [0.1, 0.15) is 0 Å². The molecule has 0 aliphatic carbocycles. The summed E-state index contributed by atoms with van der Waals surface area (Å²) >= 11 is 2.63. The highest BCUT2D eigenvalue weighted by atomic mass is 32.2. The van der Waals surface area contributed by atoms with Crippen LogP contribution >= 0.6 is 23.1 Å². The molecule has 0 bridgehead atoms. The molecular formula is C19H22N6O4S2. The van der Waals surface area contributed by atoms with Crippen LogP contribution < -0.4 is 20.1 Å². The van der Waals surface area contributed by atoms with Crippen molar-refractivity contribution in [2.75, 3.05) is 25.3 Å². The Bertz CT molecular complexity index is 1080. The second kappa shape index (κ2) is 10.3. The van der Waals surface area contributed by atoms with Gasteiger partial charge in [-0.25, -0.2) is 4.98 Å². The predicted molar refractivity (Wildman–Crippen MR) is 118 cm³/mol. The van der Waals surface area contributed by atoms with Gasteiger partial charge in [0.05, 0.1) is 32.2 Å². The molecule has 0 spiro atoms. The molecule has 0 saturated heterocycles. The highest BCUT2D eigenvalue weighted by molar-refractivity contribution is 7.99. The summed E-state index contributed by atoms with van der Waals surface area (Å²) in [5.74, 6) is 1.29. The second-order valence-electron chi connectivity index (χ2n) is 6.34. The van der Waals surface area contributed by atoms with Crippen molar-refractivity contribution in [2.45, 2.75) is 18.6 Å². The Morgan fingerprint density at radius 2 is 1.97 bits per heavy atom. The topological polar surface area (TPSA) is 120 Å². The first-order valence-corrected chi connectivity index (χ1v) is 11.0. The smallest absolute Gasteiger partial charge is 0.251 e. The minimum absolute atomic E-state index is 0.169. The minimum atomic E-state index is -0.281. The van der Waals surface area contributed by atoms with Crippen molar-refractivity contribution >= 4 is 40.0 Å². The SMILES string of the molecule is COc1ccc(C(=O)NCc2nnc(SCC(=O)Nc3nc(C)cs3)n2C)cc1OC. The number of rotatable bonds is 9. The molecule has 0 radical (unpaired) electrons. The molecule has 0 saturated carbocycles. The van der Waals surface area contributed by atoms with Gasteiger partial charge in [0.15, 0.2) is 27.6 Å². The summed E-state index contributed by atoms with van der Waals surface area (Å²) in [6.45, 7) is 2.05. The van der Waals surface area contributed by atoms with Crippen LogP contribution in [-0.2, 0) is 18.4 Å². The van der Waals surface area contributed by atoms with Crippen molar-refractivity contribution in [2.24, 2.45) is 7.05 Å². The number of carbonyl (C=O) groups excluding carboxylic acids is 2. The van der Waals surface area contributed by atoms with Crippen molar-refractivity contribution in [3.63, 3.8) is 0 Å². The van der Waals surface area contributed by atoms with Crippen molar-refractivity contribution < 1.29 is 19.1 Å². The van der Waals surface area contributed by atoms with Crippen LogP contribution in [0.25, 0.3) is 0 Å². The van der Waals surface area contributed by atoms with Gasteiger partial charge in [-0.05, 0) is 25.1 Å². The fourth-order valence-corrected chi connectivity index (χ4v) is 3.99. The van der Waals surface area contributed by atoms with Crippen LogP contribution in [0.5, 0.6) is 11.5 Å². The van der Waals surface area contributed by atoms with Crippen molar-refractivity contribution in [3.05, 3.63) is 40.7 Å². The summed E-state index contributed by atoms with van der Waals surface area (Å²) in [5.41, 5.74) is 1.30. The van der Waals surface area contributed by atoms with Crippen LogP contribution in [0.3, 0.4) is 0 Å². The average Bonchev–Trinajstić information content (AvgIpc) is 3.34. The molecule has 1 aromatic carbocycles. The normalized spacial score (nSPS) is 10.6. The molecule has 0 aliphatic rings. The Hall–Kier alpha value is -3.12. The largest absolute Gasteiger partial charge is 0.493 e. The van der Waals surface area contributed by atoms with Crippen LogP contribution in [0.2, 0.25) is 0 Å². The minimum Gasteiger partial charge on any atom is -0.493 e. The maximum atomic E-state index is 12.5. The molecule has 2 amide bonds. The second-order valence-corrected chi connectivity index (χ2v) is 8.14. The maximum absolute atomic E-state index is 12.5. The van der Waals surface area contributed by atoms with Gasteiger partial charge in [0.25, 0.3) is 5.91 Å². The molecule has 31 heavy (non-hydrogen) atoms. The van der Waals surface area contributed by atoms with E-state index in [4.69, 9.17) is 9.47 Å². The first-order valence-electron chi connectivity index (χ1n) is 9.14. The van der Waals surface area contributed by atoms with E-state index < -0.39 is 0 Å². The molecule has 12 heteroatoms. The molecule has 3 rings (SSSR count). The van der Waals surface area contributed by atoms with Crippen LogP contribution in [0.1, 0.15) is 21.9 Å². The first-order chi connectivity index (χ1) is 14.9. The van der Waals surface area contributed by atoms with E-state index in [9.17, 15) is 9.59 Å². The van der Waals surface area contributed by atoms with Crippen LogP contribution in [0.15, 0.2) is 28.7 Å². The van der Waals surface area contributed by atoms with Crippen LogP contribution in [0.4, 0.5) is 5.13 Å². The Morgan fingerprint density at radius 3 is 2.65 bits per heavy atom. The van der Waals surface area contributed by atoms with Gasteiger partial charge >= 0.3 is 0 Å². The number of benzene rings is 1. The highest BCUT2D eigenvalue weighted by Crippen LogP contribution is 2.27. The number of thiazole rings is 1. The zero-order valence-corrected chi connectivity index (χ0v) is 19.1. The predicted octanol–water partition coefficient (Wildman–Crippen LogP) is 2.26. The van der Waals surface area contributed by atoms with E-state index in [1.807, 2.05) is 12.3 Å². The molecule has 2 N–H and O–H groups in total. The number of hydrogen-bond acceptors (Lipinski definition) is 9. The number of nitrogens with zero attached hydrogens (tertiary/aromatic N) is 4. The van der Waals surface area contributed by atoms with Crippen molar-refractivity contribution in [1.82, 2.24) is 25.1 Å². The van der Waals surface area contributed by atoms with Gasteiger partial charge < -0.3 is 24.7 Å². The molecule has 2 aromatic heterocycles. The molecule has 0 aliphatic heterocycles. The summed E-state index contributed by atoms with van der Waals surface area (Å²) in [7, 11) is 4.82. The van der Waals surface area contributed by atoms with E-state index >= 15 is 0 Å². The number of aromatic nitrogens is 4. The van der Waals surface area contributed by atoms with Gasteiger partial charge in [-0.15, -0.1) is 21.5 Å². The first kappa shape index (κ1) is 22.6. The summed E-state index contributed by atoms with van der Waals surface area (Å²) in [5, 5.41) is 16.8. The van der Waals surface area contributed by atoms with Gasteiger partial charge in [0, 0.05) is 18.0 Å². The van der Waals surface area contributed by atoms with E-state index in [2.05, 4.69) is 25.8 Å². The summed E-state index contributed by atoms with van der Waals surface area (Å²) < 4.78 is 12.1. The van der Waals surface area contributed by atoms with Crippen molar-refractivity contribution in [3.8, 4) is 11.5 Å². The Morgan fingerprint density at radius 1 is 1.19 bits per heavy atom. The number of thioether (sulfide) groups is 1. The Labute approximate surface area is 187 Å². The van der Waals surface area contributed by atoms with Gasteiger partial charge in [-0.1, -0.05) is 11.8 Å². The molecule has 3 aromatic rings. The van der Waals surface area contributed by atoms with Gasteiger partial charge in [-0.3, -0.25) is 9.59 Å². The number of aryl methyl sites for hydroxylation is 1. The van der Waals surface area contributed by atoms with Gasteiger partial charge in [0.2, 0.25) is 5.91 Å². The molecule has 2 heterocycles. The fourth-order valence-electron chi connectivity index (χ4n) is 2.56. The standard InChI is InChI=1S/C19H22N6O4S2/c1-11-9-30-18(21-11)22-16(26)10-31-19-24-23-15(25(19)2)8-20-17(27)12-5-6-13(28-3)14(7-12)29-4/h5-7,9H,8,10H2,1-4H3,(H,20,27)(H,21,22,26). The average molecular weight is 463 g/mol. The number of amides is 2. The van der Waals surface area contributed by atoms with Crippen LogP contribution in [-0.4, -0.2) is 51.5 Å². The molecular weight excluding hydrogens is 440 g/mol. The maximum Gasteiger partial charge on any atom is 0.251 e. The molecule has 10 nitrogen and oxygen atoms in total. The zero-order chi connectivity index (χ0) is 22.4. The number of carbonyl (C=O) groups is 2. The third-order valence-electron chi connectivity index (χ3n) is 4.18. The molecule has 0 fully saturated rings. The Kier molecular flexibility index (Phi) is 7.47. The van der Waals surface area contributed by atoms with E-state index in [-0.39, 0.29) is 24.1 Å². The third kappa shape index (κ3) is 5.73. The van der Waals surface area contributed by atoms with Crippen molar-refractivity contribution in [1.29, 1.82) is 0 Å². The molecule has 164 valence electrons. The number of hydrogen-bond donors (Lipinski definition) is 2. The van der Waals surface area contributed by atoms with E-state index in [1.54, 1.807) is 29.8 Å². The number of ether oxygens (including phenoxy) is 2. The lowest BCUT2D eigenvalue weighted by atomic mass is 10.2. The lowest BCUT2D eigenvalue weighted by Gasteiger charge is -2.10. The van der Waals surface area contributed by atoms with E-state index in [0.717, 1.165) is 5.69 Å². The third-order valence-corrected chi connectivity index (χ3v) is 6.07. The molecule has 0 atom stereocenters. The van der Waals surface area contributed by atoms with E-state index in [0.29, 0.717) is 33.2 Å². The summed E-state index contributed by atoms with van der Waals surface area (Å²) in [6, 6.07) is 4.93. The molecule has 0 unspecified atom stereocenters.